The maximum Gasteiger partial charge on any atom is 0.307 e. The summed E-state index contributed by atoms with van der Waals surface area (Å²) >= 11 is 0. The molecule has 1 atom stereocenters. The lowest BCUT2D eigenvalue weighted by Crippen LogP contribution is -2.17. The van der Waals surface area contributed by atoms with Gasteiger partial charge in [-0.15, -0.1) is 0 Å². The number of esters is 1. The zero-order chi connectivity index (χ0) is 12.3. The van der Waals surface area contributed by atoms with Gasteiger partial charge in [0, 0.05) is 6.04 Å². The number of halogens is 3. The van der Waals surface area contributed by atoms with Gasteiger partial charge in [0.1, 0.15) is 0 Å². The van der Waals surface area contributed by atoms with Crippen molar-refractivity contribution < 1.29 is 22.7 Å². The number of rotatable bonds is 3. The van der Waals surface area contributed by atoms with Crippen molar-refractivity contribution in [3.8, 4) is 0 Å². The molecule has 0 aliphatic rings. The molecule has 16 heavy (non-hydrogen) atoms. The standard InChI is InChI=1S/C10H10F3NO2/c1-16-9(15)4-8(14)5-2-6(11)10(13)7(12)3-5/h2-3,8H,4,14H2,1H3/t8-/m0/s1. The summed E-state index contributed by atoms with van der Waals surface area (Å²) in [5.74, 6) is -4.85. The van der Waals surface area contributed by atoms with Crippen LogP contribution < -0.4 is 5.73 Å². The van der Waals surface area contributed by atoms with E-state index in [9.17, 15) is 18.0 Å². The largest absolute Gasteiger partial charge is 0.469 e. The first-order valence-electron chi connectivity index (χ1n) is 4.42. The molecule has 0 fully saturated rings. The molecule has 0 bridgehead atoms. The van der Waals surface area contributed by atoms with Crippen LogP contribution in [-0.2, 0) is 9.53 Å². The van der Waals surface area contributed by atoms with Crippen LogP contribution in [0, 0.1) is 17.5 Å². The zero-order valence-corrected chi connectivity index (χ0v) is 8.47. The van der Waals surface area contributed by atoms with Crippen molar-refractivity contribution in [1.82, 2.24) is 0 Å². The monoisotopic (exact) mass is 233 g/mol. The normalized spacial score (nSPS) is 12.3. The van der Waals surface area contributed by atoms with Crippen LogP contribution in [0.5, 0.6) is 0 Å². The Labute approximate surface area is 90.0 Å². The van der Waals surface area contributed by atoms with Gasteiger partial charge in [0.05, 0.1) is 13.5 Å². The highest BCUT2D eigenvalue weighted by molar-refractivity contribution is 5.70. The molecule has 0 aliphatic carbocycles. The highest BCUT2D eigenvalue weighted by atomic mass is 19.2. The number of benzene rings is 1. The first-order chi connectivity index (χ1) is 7.45. The Kier molecular flexibility index (Phi) is 3.89. The van der Waals surface area contributed by atoms with Gasteiger partial charge in [-0.05, 0) is 17.7 Å². The number of hydrogen-bond donors (Lipinski definition) is 1. The van der Waals surface area contributed by atoms with Crippen molar-refractivity contribution in [3.05, 3.63) is 35.1 Å². The summed E-state index contributed by atoms with van der Waals surface area (Å²) in [4.78, 5) is 10.9. The van der Waals surface area contributed by atoms with E-state index in [1.807, 2.05) is 0 Å². The van der Waals surface area contributed by atoms with Crippen molar-refractivity contribution in [2.45, 2.75) is 12.5 Å². The van der Waals surface area contributed by atoms with Crippen LogP contribution in [0.2, 0.25) is 0 Å². The van der Waals surface area contributed by atoms with Gasteiger partial charge >= 0.3 is 5.97 Å². The molecule has 3 nitrogen and oxygen atoms in total. The number of ether oxygens (including phenoxy) is 1. The second-order valence-corrected chi connectivity index (χ2v) is 3.19. The molecule has 0 saturated heterocycles. The van der Waals surface area contributed by atoms with Crippen LogP contribution in [0.4, 0.5) is 13.2 Å². The van der Waals surface area contributed by atoms with Crippen molar-refractivity contribution >= 4 is 5.97 Å². The molecule has 0 aliphatic heterocycles. The number of hydrogen-bond acceptors (Lipinski definition) is 3. The van der Waals surface area contributed by atoms with Crippen molar-refractivity contribution in [2.24, 2.45) is 5.73 Å². The second-order valence-electron chi connectivity index (χ2n) is 3.19. The van der Waals surface area contributed by atoms with Crippen LogP contribution in [0.25, 0.3) is 0 Å². The molecule has 2 N–H and O–H groups in total. The van der Waals surface area contributed by atoms with Crippen LogP contribution in [0.15, 0.2) is 12.1 Å². The molecule has 0 unspecified atom stereocenters. The third-order valence-corrected chi connectivity index (χ3v) is 2.05. The molecule has 0 amide bonds. The maximum atomic E-state index is 12.8. The summed E-state index contributed by atoms with van der Waals surface area (Å²) in [5.41, 5.74) is 5.50. The SMILES string of the molecule is COC(=O)C[C@H](N)c1cc(F)c(F)c(F)c1. The highest BCUT2D eigenvalue weighted by Crippen LogP contribution is 2.20. The van der Waals surface area contributed by atoms with Crippen LogP contribution in [-0.4, -0.2) is 13.1 Å². The van der Waals surface area contributed by atoms with E-state index >= 15 is 0 Å². The molecule has 0 aromatic heterocycles. The fourth-order valence-electron chi connectivity index (χ4n) is 1.17. The average Bonchev–Trinajstić information content (AvgIpc) is 2.24. The van der Waals surface area contributed by atoms with Crippen LogP contribution in [0.1, 0.15) is 18.0 Å². The summed E-state index contributed by atoms with van der Waals surface area (Å²) in [5, 5.41) is 0. The minimum absolute atomic E-state index is 0.00167. The summed E-state index contributed by atoms with van der Waals surface area (Å²) in [6.07, 6.45) is -0.235. The molecule has 0 saturated carbocycles. The van der Waals surface area contributed by atoms with Gasteiger partial charge in [0.25, 0.3) is 0 Å². The Morgan fingerprint density at radius 3 is 2.31 bits per heavy atom. The predicted octanol–water partition coefficient (Wildman–Crippen LogP) is 1.67. The van der Waals surface area contributed by atoms with Crippen molar-refractivity contribution in [2.75, 3.05) is 7.11 Å². The van der Waals surface area contributed by atoms with Crippen molar-refractivity contribution in [3.63, 3.8) is 0 Å². The minimum Gasteiger partial charge on any atom is -0.469 e. The molecular formula is C10H10F3NO2. The number of carbonyl (C=O) groups excluding carboxylic acids is 1. The molecule has 1 aromatic carbocycles. The fourth-order valence-corrected chi connectivity index (χ4v) is 1.17. The van der Waals surface area contributed by atoms with E-state index in [2.05, 4.69) is 4.74 Å². The van der Waals surface area contributed by atoms with E-state index in [-0.39, 0.29) is 12.0 Å². The Morgan fingerprint density at radius 2 is 1.88 bits per heavy atom. The van der Waals surface area contributed by atoms with Crippen LogP contribution >= 0.6 is 0 Å². The first kappa shape index (κ1) is 12.5. The number of carbonyl (C=O) groups is 1. The van der Waals surface area contributed by atoms with Gasteiger partial charge in [-0.2, -0.15) is 0 Å². The maximum absolute atomic E-state index is 12.8. The topological polar surface area (TPSA) is 52.3 Å². The third-order valence-electron chi connectivity index (χ3n) is 2.05. The third kappa shape index (κ3) is 2.73. The van der Waals surface area contributed by atoms with Gasteiger partial charge in [0.15, 0.2) is 17.5 Å². The van der Waals surface area contributed by atoms with Gasteiger partial charge in [-0.25, -0.2) is 13.2 Å². The van der Waals surface area contributed by atoms with E-state index in [0.29, 0.717) is 0 Å². The van der Waals surface area contributed by atoms with Crippen molar-refractivity contribution in [1.29, 1.82) is 0 Å². The molecule has 0 heterocycles. The summed E-state index contributed by atoms with van der Waals surface area (Å²) in [6.45, 7) is 0. The Hall–Kier alpha value is -1.56. The van der Waals surface area contributed by atoms with E-state index in [1.54, 1.807) is 0 Å². The molecule has 6 heteroatoms. The second kappa shape index (κ2) is 4.98. The average molecular weight is 233 g/mol. The van der Waals surface area contributed by atoms with Gasteiger partial charge in [0.2, 0.25) is 0 Å². The molecule has 88 valence electrons. The van der Waals surface area contributed by atoms with E-state index < -0.39 is 29.5 Å². The van der Waals surface area contributed by atoms with Gasteiger partial charge < -0.3 is 10.5 Å². The van der Waals surface area contributed by atoms with Crippen LogP contribution in [0.3, 0.4) is 0 Å². The molecule has 1 aromatic rings. The van der Waals surface area contributed by atoms with Gasteiger partial charge in [-0.1, -0.05) is 0 Å². The summed E-state index contributed by atoms with van der Waals surface area (Å²) in [6, 6.07) is 0.579. The van der Waals surface area contributed by atoms with E-state index in [4.69, 9.17) is 5.73 Å². The van der Waals surface area contributed by atoms with E-state index in [1.165, 1.54) is 7.11 Å². The quantitative estimate of drug-likeness (QED) is 0.638. The lowest BCUT2D eigenvalue weighted by molar-refractivity contribution is -0.141. The predicted molar refractivity (Wildman–Crippen MR) is 49.9 cm³/mol. The lowest BCUT2D eigenvalue weighted by Gasteiger charge is -2.11. The smallest absolute Gasteiger partial charge is 0.307 e. The number of nitrogens with two attached hydrogens (primary N) is 1. The summed E-state index contributed by atoms with van der Waals surface area (Å²) in [7, 11) is 1.17. The lowest BCUT2D eigenvalue weighted by atomic mass is 10.0. The minimum atomic E-state index is -1.56. The molecule has 1 rings (SSSR count). The summed E-state index contributed by atoms with van der Waals surface area (Å²) < 4.78 is 42.6. The zero-order valence-electron chi connectivity index (χ0n) is 8.47. The van der Waals surface area contributed by atoms with Gasteiger partial charge in [-0.3, -0.25) is 4.79 Å². The molecule has 0 radical (unpaired) electrons. The Bertz CT molecular complexity index is 386. The fraction of sp³-hybridized carbons (Fsp3) is 0.300. The number of methoxy groups -OCH3 is 1. The molecule has 0 spiro atoms. The first-order valence-corrected chi connectivity index (χ1v) is 4.42. The Balaban J connectivity index is 2.92. The Morgan fingerprint density at radius 1 is 1.38 bits per heavy atom. The highest BCUT2D eigenvalue weighted by Gasteiger charge is 2.17. The van der Waals surface area contributed by atoms with E-state index in [0.717, 1.165) is 12.1 Å². The molecular weight excluding hydrogens is 223 g/mol.